The molecule has 1 heterocycles. The van der Waals surface area contributed by atoms with Crippen LogP contribution >= 0.6 is 0 Å². The highest BCUT2D eigenvalue weighted by atomic mass is 16.6. The van der Waals surface area contributed by atoms with Crippen LogP contribution in [0.3, 0.4) is 0 Å². The summed E-state index contributed by atoms with van der Waals surface area (Å²) in [5, 5.41) is 4.51. The van der Waals surface area contributed by atoms with Gasteiger partial charge in [-0.25, -0.2) is 0 Å². The smallest absolute Gasteiger partial charge is 0.324 e. The third kappa shape index (κ3) is 4.73. The summed E-state index contributed by atoms with van der Waals surface area (Å²) in [5.74, 6) is -0.223. The first-order valence-electron chi connectivity index (χ1n) is 8.97. The Kier molecular flexibility index (Phi) is 5.43. The highest BCUT2D eigenvalue weighted by Gasteiger charge is 2.26. The van der Waals surface area contributed by atoms with Gasteiger partial charge in [0, 0.05) is 30.1 Å². The molecule has 0 radical (unpaired) electrons. The van der Waals surface area contributed by atoms with Gasteiger partial charge < -0.3 is 15.0 Å². The van der Waals surface area contributed by atoms with Gasteiger partial charge in [-0.1, -0.05) is 48.5 Å². The molecule has 0 aliphatic carbocycles. The van der Waals surface area contributed by atoms with Crippen LogP contribution in [0.25, 0.3) is 10.9 Å². The number of carbonyl (C=O) groups is 1. The van der Waals surface area contributed by atoms with E-state index in [1.165, 1.54) is 0 Å². The molecule has 1 atom stereocenters. The maximum atomic E-state index is 12.7. The van der Waals surface area contributed by atoms with E-state index in [0.29, 0.717) is 13.0 Å². The number of rotatable bonds is 6. The van der Waals surface area contributed by atoms with Crippen LogP contribution in [0.15, 0.2) is 60.8 Å². The zero-order chi connectivity index (χ0) is 18.6. The van der Waals surface area contributed by atoms with E-state index < -0.39 is 11.6 Å². The van der Waals surface area contributed by atoms with Gasteiger partial charge in [-0.15, -0.1) is 0 Å². The highest BCUT2D eigenvalue weighted by Crippen LogP contribution is 2.20. The van der Waals surface area contributed by atoms with Gasteiger partial charge in [0.2, 0.25) is 0 Å². The predicted octanol–water partition coefficient (Wildman–Crippen LogP) is 4.21. The summed E-state index contributed by atoms with van der Waals surface area (Å²) in [4.78, 5) is 16.0. The topological polar surface area (TPSA) is 54.1 Å². The van der Waals surface area contributed by atoms with Crippen molar-refractivity contribution in [2.24, 2.45) is 0 Å². The number of ether oxygens (including phenoxy) is 1. The SMILES string of the molecule is CC(C)(C)OC(=O)[C@@H](Cc1c[nH]c2ccccc12)NCc1ccccc1. The maximum Gasteiger partial charge on any atom is 0.324 e. The van der Waals surface area contributed by atoms with Crippen molar-refractivity contribution in [3.8, 4) is 0 Å². The Morgan fingerprint density at radius 1 is 1.08 bits per heavy atom. The molecule has 3 rings (SSSR count). The van der Waals surface area contributed by atoms with Crippen molar-refractivity contribution >= 4 is 16.9 Å². The monoisotopic (exact) mass is 350 g/mol. The van der Waals surface area contributed by atoms with Crippen molar-refractivity contribution in [1.29, 1.82) is 0 Å². The van der Waals surface area contributed by atoms with E-state index in [9.17, 15) is 4.79 Å². The molecule has 0 saturated heterocycles. The Hall–Kier alpha value is -2.59. The van der Waals surface area contributed by atoms with Crippen LogP contribution in [0.4, 0.5) is 0 Å². The van der Waals surface area contributed by atoms with E-state index in [1.54, 1.807) is 0 Å². The van der Waals surface area contributed by atoms with Crippen LogP contribution in [0.1, 0.15) is 31.9 Å². The largest absolute Gasteiger partial charge is 0.459 e. The van der Waals surface area contributed by atoms with E-state index in [0.717, 1.165) is 22.0 Å². The predicted molar refractivity (Wildman–Crippen MR) is 105 cm³/mol. The molecule has 26 heavy (non-hydrogen) atoms. The van der Waals surface area contributed by atoms with Crippen LogP contribution in [-0.4, -0.2) is 22.6 Å². The van der Waals surface area contributed by atoms with Gasteiger partial charge in [0.1, 0.15) is 11.6 Å². The van der Waals surface area contributed by atoms with Gasteiger partial charge in [0.15, 0.2) is 0 Å². The van der Waals surface area contributed by atoms with Gasteiger partial charge >= 0.3 is 5.97 Å². The van der Waals surface area contributed by atoms with E-state index in [1.807, 2.05) is 75.5 Å². The van der Waals surface area contributed by atoms with Gasteiger partial charge in [0.25, 0.3) is 0 Å². The van der Waals surface area contributed by atoms with Crippen molar-refractivity contribution in [3.63, 3.8) is 0 Å². The number of H-pyrrole nitrogens is 1. The van der Waals surface area contributed by atoms with Crippen molar-refractivity contribution < 1.29 is 9.53 Å². The van der Waals surface area contributed by atoms with Crippen molar-refractivity contribution in [2.45, 2.75) is 45.4 Å². The Morgan fingerprint density at radius 2 is 1.77 bits per heavy atom. The molecule has 0 bridgehead atoms. The average Bonchev–Trinajstić information content (AvgIpc) is 3.01. The minimum Gasteiger partial charge on any atom is -0.459 e. The van der Waals surface area contributed by atoms with Gasteiger partial charge in [-0.2, -0.15) is 0 Å². The molecular weight excluding hydrogens is 324 g/mol. The minimum atomic E-state index is -0.510. The minimum absolute atomic E-state index is 0.223. The van der Waals surface area contributed by atoms with Gasteiger partial charge in [0.05, 0.1) is 0 Å². The standard InChI is InChI=1S/C22H26N2O2/c1-22(2,3)26-21(25)20(23-14-16-9-5-4-6-10-16)13-17-15-24-19-12-8-7-11-18(17)19/h4-12,15,20,23-24H,13-14H2,1-3H3/t20-/m1/s1. The lowest BCUT2D eigenvalue weighted by Gasteiger charge is -2.24. The molecule has 0 amide bonds. The number of fused-ring (bicyclic) bond motifs is 1. The van der Waals surface area contributed by atoms with E-state index in [4.69, 9.17) is 4.74 Å². The molecule has 4 nitrogen and oxygen atoms in total. The highest BCUT2D eigenvalue weighted by molar-refractivity contribution is 5.84. The van der Waals surface area contributed by atoms with E-state index in [2.05, 4.69) is 16.4 Å². The molecule has 1 aromatic heterocycles. The van der Waals surface area contributed by atoms with E-state index >= 15 is 0 Å². The summed E-state index contributed by atoms with van der Waals surface area (Å²) < 4.78 is 5.64. The number of benzene rings is 2. The molecule has 0 saturated carbocycles. The summed E-state index contributed by atoms with van der Waals surface area (Å²) in [6, 6.07) is 17.8. The number of esters is 1. The van der Waals surface area contributed by atoms with Crippen LogP contribution in [0.2, 0.25) is 0 Å². The van der Waals surface area contributed by atoms with Gasteiger partial charge in [-0.3, -0.25) is 4.79 Å². The fourth-order valence-electron chi connectivity index (χ4n) is 2.97. The molecular formula is C22H26N2O2. The molecule has 2 aromatic carbocycles. The van der Waals surface area contributed by atoms with Crippen molar-refractivity contribution in [3.05, 3.63) is 71.9 Å². The Balaban J connectivity index is 1.78. The van der Waals surface area contributed by atoms with Crippen LogP contribution in [0, 0.1) is 0 Å². The first-order chi connectivity index (χ1) is 12.4. The Labute approximate surface area is 154 Å². The number of nitrogens with one attached hydrogen (secondary N) is 2. The zero-order valence-corrected chi connectivity index (χ0v) is 15.6. The number of hydrogen-bond acceptors (Lipinski definition) is 3. The fourth-order valence-corrected chi connectivity index (χ4v) is 2.97. The molecule has 2 N–H and O–H groups in total. The van der Waals surface area contributed by atoms with E-state index in [-0.39, 0.29) is 5.97 Å². The molecule has 0 unspecified atom stereocenters. The first-order valence-corrected chi connectivity index (χ1v) is 8.97. The third-order valence-corrected chi connectivity index (χ3v) is 4.19. The number of para-hydroxylation sites is 1. The summed E-state index contributed by atoms with van der Waals surface area (Å²) in [6.45, 7) is 6.30. The maximum absolute atomic E-state index is 12.7. The lowest BCUT2D eigenvalue weighted by atomic mass is 10.0. The second-order valence-electron chi connectivity index (χ2n) is 7.52. The number of aromatic amines is 1. The summed E-state index contributed by atoms with van der Waals surface area (Å²) in [7, 11) is 0. The molecule has 0 spiro atoms. The van der Waals surface area contributed by atoms with Crippen LogP contribution in [0.5, 0.6) is 0 Å². The second kappa shape index (κ2) is 7.75. The molecule has 136 valence electrons. The number of aromatic nitrogens is 1. The Morgan fingerprint density at radius 3 is 2.50 bits per heavy atom. The second-order valence-corrected chi connectivity index (χ2v) is 7.52. The van der Waals surface area contributed by atoms with Crippen molar-refractivity contribution in [1.82, 2.24) is 10.3 Å². The molecule has 4 heteroatoms. The van der Waals surface area contributed by atoms with Crippen LogP contribution in [-0.2, 0) is 22.5 Å². The third-order valence-electron chi connectivity index (χ3n) is 4.19. The molecule has 0 aliphatic heterocycles. The fraction of sp³-hybridized carbons (Fsp3) is 0.318. The summed E-state index contributed by atoms with van der Waals surface area (Å²) in [5.41, 5.74) is 2.81. The van der Waals surface area contributed by atoms with Crippen LogP contribution < -0.4 is 5.32 Å². The number of carbonyl (C=O) groups excluding carboxylic acids is 1. The normalized spacial score (nSPS) is 12.9. The van der Waals surface area contributed by atoms with Crippen molar-refractivity contribution in [2.75, 3.05) is 0 Å². The average molecular weight is 350 g/mol. The summed E-state index contributed by atoms with van der Waals surface area (Å²) >= 11 is 0. The lowest BCUT2D eigenvalue weighted by Crippen LogP contribution is -2.42. The molecule has 3 aromatic rings. The quantitative estimate of drug-likeness (QED) is 0.655. The number of hydrogen-bond donors (Lipinski definition) is 2. The molecule has 0 aliphatic rings. The molecule has 0 fully saturated rings. The Bertz CT molecular complexity index is 862. The first kappa shape index (κ1) is 18.2. The summed E-state index contributed by atoms with van der Waals surface area (Å²) in [6.07, 6.45) is 2.55. The zero-order valence-electron chi connectivity index (χ0n) is 15.6. The lowest BCUT2D eigenvalue weighted by molar-refractivity contribution is -0.157. The van der Waals surface area contributed by atoms with Gasteiger partial charge in [-0.05, 0) is 38.0 Å².